The van der Waals surface area contributed by atoms with Crippen LogP contribution in [0, 0.1) is 13.8 Å². The molecule has 1 saturated heterocycles. The molecular weight excluding hydrogens is 350 g/mol. The Bertz CT molecular complexity index is 884. The first-order valence-corrected chi connectivity index (χ1v) is 8.98. The monoisotopic (exact) mass is 369 g/mol. The summed E-state index contributed by atoms with van der Waals surface area (Å²) in [5, 5.41) is -1.20. The van der Waals surface area contributed by atoms with Crippen molar-refractivity contribution in [2.45, 2.75) is 19.2 Å². The highest BCUT2D eigenvalue weighted by Crippen LogP contribution is 2.36. The molecule has 6 nitrogen and oxygen atoms in total. The lowest BCUT2D eigenvalue weighted by atomic mass is 10.1. The molecule has 1 aliphatic heterocycles. The van der Waals surface area contributed by atoms with Crippen LogP contribution in [0.1, 0.15) is 11.1 Å². The van der Waals surface area contributed by atoms with Crippen molar-refractivity contribution in [3.05, 3.63) is 59.7 Å². The van der Waals surface area contributed by atoms with Crippen LogP contribution in [-0.2, 0) is 9.59 Å². The number of primary amides is 1. The normalized spacial score (nSPS) is 16.8. The molecule has 0 radical (unpaired) electrons. The zero-order chi connectivity index (χ0) is 18.8. The summed E-state index contributed by atoms with van der Waals surface area (Å²) in [6, 6.07) is 14.6. The Hall–Kier alpha value is -2.80. The van der Waals surface area contributed by atoms with Crippen LogP contribution in [0.5, 0.6) is 0 Å². The number of benzene rings is 2. The maximum atomic E-state index is 13.0. The zero-order valence-electron chi connectivity index (χ0n) is 14.5. The second-order valence-corrected chi connectivity index (χ2v) is 7.16. The molecule has 1 fully saturated rings. The molecule has 0 saturated carbocycles. The van der Waals surface area contributed by atoms with E-state index in [1.165, 1.54) is 0 Å². The number of aryl methyl sites for hydroxylation is 2. The van der Waals surface area contributed by atoms with Gasteiger partial charge in [-0.2, -0.15) is 0 Å². The minimum Gasteiger partial charge on any atom is -0.368 e. The first-order chi connectivity index (χ1) is 12.4. The predicted molar refractivity (Wildman–Crippen MR) is 103 cm³/mol. The molecule has 1 unspecified atom stereocenters. The molecule has 2 N–H and O–H groups in total. The van der Waals surface area contributed by atoms with Crippen molar-refractivity contribution in [1.82, 2.24) is 0 Å². The topological polar surface area (TPSA) is 83.7 Å². The number of carbonyl (C=O) groups excluding carboxylic acids is 3. The van der Waals surface area contributed by atoms with Crippen molar-refractivity contribution in [2.24, 2.45) is 5.73 Å². The summed E-state index contributed by atoms with van der Waals surface area (Å²) in [7, 11) is 0. The first kappa shape index (κ1) is 18.0. The van der Waals surface area contributed by atoms with Gasteiger partial charge in [-0.05, 0) is 54.9 Å². The van der Waals surface area contributed by atoms with Crippen LogP contribution in [0.15, 0.2) is 48.5 Å². The van der Waals surface area contributed by atoms with Crippen molar-refractivity contribution in [1.29, 1.82) is 0 Å². The van der Waals surface area contributed by atoms with Crippen molar-refractivity contribution in [3.63, 3.8) is 0 Å². The van der Waals surface area contributed by atoms with Gasteiger partial charge < -0.3 is 10.6 Å². The van der Waals surface area contributed by atoms with Gasteiger partial charge in [0.15, 0.2) is 5.37 Å². The van der Waals surface area contributed by atoms with Gasteiger partial charge in [-0.15, -0.1) is 0 Å². The number of rotatable bonds is 5. The maximum absolute atomic E-state index is 13.0. The SMILES string of the molecule is Cc1cccc(N2C(=O)SC(N(CC(N)=O)c3ccccc3C)C2=O)c1. The van der Waals surface area contributed by atoms with Gasteiger partial charge in [0.2, 0.25) is 5.91 Å². The third-order valence-electron chi connectivity index (χ3n) is 4.12. The number of nitrogens with zero attached hydrogens (tertiary/aromatic N) is 2. The van der Waals surface area contributed by atoms with E-state index in [1.54, 1.807) is 23.1 Å². The van der Waals surface area contributed by atoms with E-state index in [0.29, 0.717) is 11.4 Å². The highest BCUT2D eigenvalue weighted by molar-refractivity contribution is 8.16. The Balaban J connectivity index is 1.98. The molecule has 1 atom stereocenters. The third-order valence-corrected chi connectivity index (χ3v) is 5.18. The standard InChI is InChI=1S/C19H19N3O3S/c1-12-6-5-8-14(10-12)22-17(24)18(26-19(22)25)21(11-16(20)23)15-9-4-3-7-13(15)2/h3-10,18H,11H2,1-2H3,(H2,20,23). The van der Waals surface area contributed by atoms with Gasteiger partial charge in [0, 0.05) is 5.69 Å². The number of hydrogen-bond donors (Lipinski definition) is 1. The maximum Gasteiger partial charge on any atom is 0.295 e. The Kier molecular flexibility index (Phi) is 4.99. The van der Waals surface area contributed by atoms with E-state index in [-0.39, 0.29) is 17.7 Å². The molecule has 0 bridgehead atoms. The van der Waals surface area contributed by atoms with E-state index < -0.39 is 11.3 Å². The van der Waals surface area contributed by atoms with Crippen molar-refractivity contribution >= 4 is 40.2 Å². The Morgan fingerprint density at radius 2 is 1.88 bits per heavy atom. The molecule has 0 aromatic heterocycles. The van der Waals surface area contributed by atoms with Crippen LogP contribution < -0.4 is 15.5 Å². The summed E-state index contributed by atoms with van der Waals surface area (Å²) in [6.07, 6.45) is 0. The number of carbonyl (C=O) groups is 3. The van der Waals surface area contributed by atoms with Gasteiger partial charge in [0.05, 0.1) is 12.2 Å². The van der Waals surface area contributed by atoms with Gasteiger partial charge >= 0.3 is 0 Å². The minimum absolute atomic E-state index is 0.150. The molecule has 134 valence electrons. The summed E-state index contributed by atoms with van der Waals surface area (Å²) < 4.78 is 0. The fourth-order valence-corrected chi connectivity index (χ4v) is 3.96. The summed E-state index contributed by atoms with van der Waals surface area (Å²) in [5.41, 5.74) is 8.47. The Morgan fingerprint density at radius 1 is 1.15 bits per heavy atom. The fraction of sp³-hybridized carbons (Fsp3) is 0.211. The number of imide groups is 1. The molecule has 2 aromatic rings. The lowest BCUT2D eigenvalue weighted by Gasteiger charge is -2.28. The van der Waals surface area contributed by atoms with E-state index >= 15 is 0 Å². The van der Waals surface area contributed by atoms with Gasteiger partial charge in [0.25, 0.3) is 11.1 Å². The predicted octanol–water partition coefficient (Wildman–Crippen LogP) is 2.82. The van der Waals surface area contributed by atoms with Crippen LogP contribution in [0.3, 0.4) is 0 Å². The number of hydrogen-bond acceptors (Lipinski definition) is 5. The Morgan fingerprint density at radius 3 is 2.54 bits per heavy atom. The molecule has 0 spiro atoms. The summed E-state index contributed by atoms with van der Waals surface area (Å²) in [6.45, 7) is 3.63. The van der Waals surface area contributed by atoms with E-state index in [1.807, 2.05) is 44.2 Å². The highest BCUT2D eigenvalue weighted by Gasteiger charge is 2.44. The second-order valence-electron chi connectivity index (χ2n) is 6.13. The van der Waals surface area contributed by atoms with Gasteiger partial charge in [-0.1, -0.05) is 30.3 Å². The molecular formula is C19H19N3O3S. The largest absolute Gasteiger partial charge is 0.368 e. The molecule has 26 heavy (non-hydrogen) atoms. The smallest absolute Gasteiger partial charge is 0.295 e. The van der Waals surface area contributed by atoms with Crippen molar-refractivity contribution in [3.8, 4) is 0 Å². The Labute approximate surface area is 156 Å². The summed E-state index contributed by atoms with van der Waals surface area (Å²) in [5.74, 6) is -0.946. The van der Waals surface area contributed by atoms with E-state index in [4.69, 9.17) is 5.73 Å². The molecule has 1 heterocycles. The van der Waals surface area contributed by atoms with Crippen molar-refractivity contribution in [2.75, 3.05) is 16.3 Å². The van der Waals surface area contributed by atoms with Gasteiger partial charge in [-0.25, -0.2) is 4.90 Å². The molecule has 0 aliphatic carbocycles. The van der Waals surface area contributed by atoms with E-state index in [2.05, 4.69) is 0 Å². The quantitative estimate of drug-likeness (QED) is 0.876. The number of nitrogens with two attached hydrogens (primary N) is 1. The number of thioether (sulfide) groups is 1. The molecule has 7 heteroatoms. The molecule has 3 amide bonds. The van der Waals surface area contributed by atoms with Crippen LogP contribution in [0.25, 0.3) is 0 Å². The fourth-order valence-electron chi connectivity index (χ4n) is 2.94. The van der Waals surface area contributed by atoms with Crippen LogP contribution in [0.4, 0.5) is 16.2 Å². The van der Waals surface area contributed by atoms with Crippen molar-refractivity contribution < 1.29 is 14.4 Å². The second kappa shape index (κ2) is 7.21. The number of amides is 3. The lowest BCUT2D eigenvalue weighted by molar-refractivity contribution is -0.117. The zero-order valence-corrected chi connectivity index (χ0v) is 15.3. The molecule has 1 aliphatic rings. The van der Waals surface area contributed by atoms with Crippen LogP contribution in [-0.4, -0.2) is 29.0 Å². The first-order valence-electron chi connectivity index (χ1n) is 8.10. The summed E-state index contributed by atoms with van der Waals surface area (Å²) in [4.78, 5) is 39.9. The average molecular weight is 369 g/mol. The van der Waals surface area contributed by atoms with Crippen LogP contribution >= 0.6 is 11.8 Å². The summed E-state index contributed by atoms with van der Waals surface area (Å²) >= 11 is 0.892. The lowest BCUT2D eigenvalue weighted by Crippen LogP contribution is -2.45. The van der Waals surface area contributed by atoms with Gasteiger partial charge in [0.1, 0.15) is 0 Å². The van der Waals surface area contributed by atoms with E-state index in [9.17, 15) is 14.4 Å². The molecule has 3 rings (SSSR count). The minimum atomic E-state index is -0.836. The van der Waals surface area contributed by atoms with Gasteiger partial charge in [-0.3, -0.25) is 14.4 Å². The third kappa shape index (κ3) is 3.43. The average Bonchev–Trinajstić information content (AvgIpc) is 2.87. The molecule has 2 aromatic carbocycles. The van der Waals surface area contributed by atoms with Crippen LogP contribution in [0.2, 0.25) is 0 Å². The number of anilines is 2. The highest BCUT2D eigenvalue weighted by atomic mass is 32.2. The van der Waals surface area contributed by atoms with E-state index in [0.717, 1.165) is 27.8 Å². The number of para-hydroxylation sites is 1.